The minimum atomic E-state index is -0.924. The zero-order valence-corrected chi connectivity index (χ0v) is 24.9. The molecule has 40 heavy (non-hydrogen) atoms. The number of ether oxygens (including phenoxy) is 3. The van der Waals surface area contributed by atoms with Crippen molar-refractivity contribution in [2.75, 3.05) is 38.6 Å². The Balaban J connectivity index is 1.50. The van der Waals surface area contributed by atoms with Crippen molar-refractivity contribution in [1.82, 2.24) is 15.2 Å². The number of esters is 2. The highest BCUT2D eigenvalue weighted by Gasteiger charge is 2.55. The van der Waals surface area contributed by atoms with Gasteiger partial charge in [0.25, 0.3) is 11.8 Å². The Hall–Kier alpha value is -2.82. The van der Waals surface area contributed by atoms with Crippen LogP contribution in [0.3, 0.4) is 0 Å². The number of β-lactam (4-membered cyclic amide) rings is 1. The number of carbonyl (C=O) groups excluding carboxylic acids is 4. The largest absolute Gasteiger partial charge is 0.427 e. The Morgan fingerprint density at radius 3 is 2.62 bits per heavy atom. The molecule has 2 amide bonds. The maximum Gasteiger partial charge on any atom is 0.358 e. The number of amides is 2. The van der Waals surface area contributed by atoms with Gasteiger partial charge in [-0.15, -0.1) is 34.9 Å². The molecule has 3 N–H and O–H groups in total. The number of hydrogen-bond acceptors (Lipinski definition) is 14. The summed E-state index contributed by atoms with van der Waals surface area (Å²) in [4.78, 5) is 62.7. The third kappa shape index (κ3) is 6.72. The van der Waals surface area contributed by atoms with Crippen molar-refractivity contribution in [2.45, 2.75) is 50.3 Å². The molecule has 2 unspecified atom stereocenters. The van der Waals surface area contributed by atoms with Gasteiger partial charge in [-0.3, -0.25) is 19.3 Å². The van der Waals surface area contributed by atoms with E-state index in [9.17, 15) is 19.2 Å². The van der Waals surface area contributed by atoms with Gasteiger partial charge in [-0.25, -0.2) is 9.78 Å². The first kappa shape index (κ1) is 30.1. The molecular formula is C24H31N5O8S3. The summed E-state index contributed by atoms with van der Waals surface area (Å²) in [5.74, 6) is -2.03. The third-order valence-corrected chi connectivity index (χ3v) is 9.61. The fourth-order valence-corrected chi connectivity index (χ4v) is 7.33. The summed E-state index contributed by atoms with van der Waals surface area (Å²) < 4.78 is 15.8. The molecule has 1 aromatic rings. The van der Waals surface area contributed by atoms with Crippen LogP contribution in [0.15, 0.2) is 21.1 Å². The second-order valence-electron chi connectivity index (χ2n) is 9.99. The summed E-state index contributed by atoms with van der Waals surface area (Å²) in [6, 6.07) is -0.924. The molecule has 0 aliphatic carbocycles. The molecule has 0 saturated carbocycles. The minimum Gasteiger partial charge on any atom is -0.427 e. The molecule has 13 nitrogen and oxygen atoms in total. The Bertz CT molecular complexity index is 1220. The first-order valence-corrected chi connectivity index (χ1v) is 15.2. The van der Waals surface area contributed by atoms with Gasteiger partial charge in [0.15, 0.2) is 10.8 Å². The second kappa shape index (κ2) is 12.8. The lowest BCUT2D eigenvalue weighted by atomic mass is 9.98. The number of anilines is 1. The molecule has 2 atom stereocenters. The maximum atomic E-state index is 13.4. The van der Waals surface area contributed by atoms with Crippen LogP contribution in [0.4, 0.5) is 5.13 Å². The highest BCUT2D eigenvalue weighted by molar-refractivity contribution is 8.06. The first-order chi connectivity index (χ1) is 19.0. The standard InChI is InChI=1S/C24H31N5O8S3/c1-24(2,3)22(33)37-11-36-21(32)17-14(40-12-5-7-35-8-6-12)10-38-20-16(19(31)29(17)20)27-18(30)15(28-34-4)13-9-39-23(25)26-13/h9,12,16,20H,5-8,10-11H2,1-4H3,(H2,25,26)(H,27,30)/b28-15-. The average molecular weight is 614 g/mol. The average Bonchev–Trinajstić information content (AvgIpc) is 3.35. The molecule has 218 valence electrons. The Morgan fingerprint density at radius 1 is 1.27 bits per heavy atom. The molecule has 2 fully saturated rings. The highest BCUT2D eigenvalue weighted by atomic mass is 32.2. The molecule has 0 spiro atoms. The summed E-state index contributed by atoms with van der Waals surface area (Å²) >= 11 is 4.08. The molecule has 0 radical (unpaired) electrons. The van der Waals surface area contributed by atoms with E-state index in [1.807, 2.05) is 0 Å². The van der Waals surface area contributed by atoms with E-state index in [2.05, 4.69) is 15.5 Å². The molecule has 16 heteroatoms. The van der Waals surface area contributed by atoms with Gasteiger partial charge >= 0.3 is 11.9 Å². The number of nitrogens with one attached hydrogen (secondary N) is 1. The number of nitrogens with zero attached hydrogens (tertiary/aromatic N) is 3. The van der Waals surface area contributed by atoms with Crippen LogP contribution in [0.25, 0.3) is 0 Å². The van der Waals surface area contributed by atoms with Crippen molar-refractivity contribution >= 4 is 69.5 Å². The van der Waals surface area contributed by atoms with E-state index in [0.29, 0.717) is 23.9 Å². The summed E-state index contributed by atoms with van der Waals surface area (Å²) in [6.07, 6.45) is 1.62. The van der Waals surface area contributed by atoms with Crippen molar-refractivity contribution < 1.29 is 38.2 Å². The quantitative estimate of drug-likeness (QED) is 0.136. The fraction of sp³-hybridized carbons (Fsp3) is 0.583. The Labute approximate surface area is 243 Å². The maximum absolute atomic E-state index is 13.4. The number of hydrogen-bond donors (Lipinski definition) is 2. The number of aromatic nitrogens is 1. The van der Waals surface area contributed by atoms with Crippen molar-refractivity contribution in [3.05, 3.63) is 21.7 Å². The molecule has 4 rings (SSSR count). The van der Waals surface area contributed by atoms with E-state index >= 15 is 0 Å². The number of oxime groups is 1. The van der Waals surface area contributed by atoms with Gasteiger partial charge in [-0.2, -0.15) is 0 Å². The fourth-order valence-electron chi connectivity index (χ4n) is 3.99. The summed E-state index contributed by atoms with van der Waals surface area (Å²) in [7, 11) is 1.29. The van der Waals surface area contributed by atoms with Crippen LogP contribution in [0, 0.1) is 5.41 Å². The predicted octanol–water partition coefficient (Wildman–Crippen LogP) is 1.69. The predicted molar refractivity (Wildman–Crippen MR) is 150 cm³/mol. The van der Waals surface area contributed by atoms with Gasteiger partial charge < -0.3 is 30.1 Å². The molecule has 4 heterocycles. The van der Waals surface area contributed by atoms with E-state index in [4.69, 9.17) is 24.8 Å². The lowest BCUT2D eigenvalue weighted by Crippen LogP contribution is -2.71. The van der Waals surface area contributed by atoms with Gasteiger partial charge in [0, 0.05) is 34.5 Å². The van der Waals surface area contributed by atoms with Crippen LogP contribution >= 0.6 is 34.9 Å². The molecular weight excluding hydrogens is 582 g/mol. The smallest absolute Gasteiger partial charge is 0.358 e. The lowest BCUT2D eigenvalue weighted by molar-refractivity contribution is -0.173. The number of thioether (sulfide) groups is 2. The van der Waals surface area contributed by atoms with Crippen LogP contribution in [-0.4, -0.2) is 88.9 Å². The monoisotopic (exact) mass is 613 g/mol. The zero-order valence-electron chi connectivity index (χ0n) is 22.5. The SMILES string of the molecule is CO/N=C(\C(=O)NC1C(=O)N2C(C(=O)OCOC(=O)C(C)(C)C)=C(SC3CCOCC3)CSC12)c1csc(N)n1. The Morgan fingerprint density at radius 2 is 2.00 bits per heavy atom. The van der Waals surface area contributed by atoms with Gasteiger partial charge in [0.05, 0.1) is 5.41 Å². The molecule has 0 bridgehead atoms. The third-order valence-electron chi connectivity index (χ3n) is 6.05. The van der Waals surface area contributed by atoms with E-state index < -0.39 is 47.4 Å². The van der Waals surface area contributed by atoms with E-state index in [1.54, 1.807) is 26.2 Å². The topological polar surface area (TPSA) is 172 Å². The van der Waals surface area contributed by atoms with Crippen LogP contribution in [0.1, 0.15) is 39.3 Å². The number of nitrogens with two attached hydrogens (primary N) is 1. The van der Waals surface area contributed by atoms with Crippen LogP contribution in [0.2, 0.25) is 0 Å². The van der Waals surface area contributed by atoms with Gasteiger partial charge in [0.2, 0.25) is 6.79 Å². The van der Waals surface area contributed by atoms with E-state index in [1.165, 1.54) is 35.5 Å². The van der Waals surface area contributed by atoms with Crippen molar-refractivity contribution in [1.29, 1.82) is 0 Å². The van der Waals surface area contributed by atoms with Gasteiger partial charge in [-0.1, -0.05) is 5.16 Å². The van der Waals surface area contributed by atoms with Gasteiger partial charge in [-0.05, 0) is 33.6 Å². The summed E-state index contributed by atoms with van der Waals surface area (Å²) in [5, 5.41) is 7.90. The number of carbonyl (C=O) groups is 4. The molecule has 1 aromatic heterocycles. The summed E-state index contributed by atoms with van der Waals surface area (Å²) in [5.41, 5.74) is 5.10. The van der Waals surface area contributed by atoms with Crippen LogP contribution in [-0.2, 0) is 38.2 Å². The molecule has 3 aliphatic heterocycles. The van der Waals surface area contributed by atoms with E-state index in [-0.39, 0.29) is 27.5 Å². The number of rotatable bonds is 9. The number of nitrogen functional groups attached to an aromatic ring is 1. The van der Waals surface area contributed by atoms with Crippen LogP contribution in [0.5, 0.6) is 0 Å². The summed E-state index contributed by atoms with van der Waals surface area (Å²) in [6.45, 7) is 5.72. The van der Waals surface area contributed by atoms with Gasteiger partial charge in [0.1, 0.15) is 29.9 Å². The molecule has 3 aliphatic rings. The lowest BCUT2D eigenvalue weighted by Gasteiger charge is -2.49. The first-order valence-electron chi connectivity index (χ1n) is 12.4. The van der Waals surface area contributed by atoms with Crippen molar-refractivity contribution in [3.63, 3.8) is 0 Å². The minimum absolute atomic E-state index is 0.0978. The molecule has 2 saturated heterocycles. The van der Waals surface area contributed by atoms with Crippen molar-refractivity contribution in [3.8, 4) is 0 Å². The van der Waals surface area contributed by atoms with Crippen LogP contribution < -0.4 is 11.1 Å². The highest BCUT2D eigenvalue weighted by Crippen LogP contribution is 2.45. The Kier molecular flexibility index (Phi) is 9.64. The number of thiazole rings is 1. The normalized spacial score (nSPS) is 21.9. The molecule has 0 aromatic carbocycles. The number of fused-ring (bicyclic) bond motifs is 1. The second-order valence-corrected chi connectivity index (χ2v) is 13.4. The van der Waals surface area contributed by atoms with E-state index in [0.717, 1.165) is 24.2 Å². The zero-order chi connectivity index (χ0) is 29.0. The van der Waals surface area contributed by atoms with Crippen molar-refractivity contribution in [2.24, 2.45) is 10.6 Å².